The zero-order valence-corrected chi connectivity index (χ0v) is 7.85. The summed E-state index contributed by atoms with van der Waals surface area (Å²) in [6.45, 7) is 6.09. The number of hydrogen-bond donors (Lipinski definition) is 1. The van der Waals surface area contributed by atoms with Crippen LogP contribution in [0.25, 0.3) is 0 Å². The van der Waals surface area contributed by atoms with Crippen LogP contribution in [0.2, 0.25) is 0 Å². The fourth-order valence-electron chi connectivity index (χ4n) is 0.568. The predicted octanol–water partition coefficient (Wildman–Crippen LogP) is 1.74. The van der Waals surface area contributed by atoms with E-state index in [1.54, 1.807) is 7.11 Å². The molecule has 0 aromatic carbocycles. The van der Waals surface area contributed by atoms with Crippen molar-refractivity contribution in [1.82, 2.24) is 0 Å². The van der Waals surface area contributed by atoms with Gasteiger partial charge in [-0.05, 0) is 27.2 Å². The molecular formula is C9H18O2. The second-order valence-corrected chi connectivity index (χ2v) is 3.38. The number of hydrogen-bond acceptors (Lipinski definition) is 2. The van der Waals surface area contributed by atoms with Crippen LogP contribution in [-0.2, 0) is 4.74 Å². The smallest absolute Gasteiger partial charge is 0.0657 e. The fraction of sp³-hybridized carbons (Fsp3) is 0.778. The van der Waals surface area contributed by atoms with E-state index in [2.05, 4.69) is 0 Å². The Hall–Kier alpha value is -0.340. The van der Waals surface area contributed by atoms with Crippen molar-refractivity contribution in [3.63, 3.8) is 0 Å². The van der Waals surface area contributed by atoms with Gasteiger partial charge in [0.15, 0.2) is 0 Å². The summed E-state index contributed by atoms with van der Waals surface area (Å²) in [5.41, 5.74) is 0.881. The maximum Gasteiger partial charge on any atom is 0.0657 e. The summed E-state index contributed by atoms with van der Waals surface area (Å²) in [5, 5.41) is 8.70. The minimum atomic E-state index is -0.115. The molecule has 0 saturated carbocycles. The lowest BCUT2D eigenvalue weighted by Gasteiger charge is -2.20. The highest BCUT2D eigenvalue weighted by atomic mass is 16.5. The maximum absolute atomic E-state index is 8.70. The Morgan fingerprint density at radius 2 is 2.09 bits per heavy atom. The minimum Gasteiger partial charge on any atom is -0.392 e. The van der Waals surface area contributed by atoms with Gasteiger partial charge in [-0.3, -0.25) is 0 Å². The molecule has 2 heteroatoms. The van der Waals surface area contributed by atoms with Crippen molar-refractivity contribution in [1.29, 1.82) is 0 Å². The summed E-state index contributed by atoms with van der Waals surface area (Å²) >= 11 is 0. The molecule has 66 valence electrons. The normalized spacial score (nSPS) is 13.7. The molecule has 0 fully saturated rings. The molecule has 0 amide bonds. The Kier molecular flexibility index (Phi) is 4.38. The van der Waals surface area contributed by atoms with Crippen molar-refractivity contribution in [2.24, 2.45) is 0 Å². The third kappa shape index (κ3) is 4.99. The Bertz CT molecular complexity index is 136. The summed E-state index contributed by atoms with van der Waals surface area (Å²) < 4.78 is 5.21. The first kappa shape index (κ1) is 10.7. The standard InChI is InChI=1S/C9H18O2/c1-8(7-10)5-6-9(2,3)11-4/h5,10H,6-7H2,1-4H3. The molecular weight excluding hydrogens is 140 g/mol. The Morgan fingerprint density at radius 3 is 2.45 bits per heavy atom. The third-order valence-corrected chi connectivity index (χ3v) is 1.74. The molecule has 0 saturated heterocycles. The number of aliphatic hydroxyl groups is 1. The van der Waals surface area contributed by atoms with Crippen LogP contribution in [0.4, 0.5) is 0 Å². The fourth-order valence-corrected chi connectivity index (χ4v) is 0.568. The lowest BCUT2D eigenvalue weighted by Crippen LogP contribution is -2.21. The lowest BCUT2D eigenvalue weighted by atomic mass is 10.0. The monoisotopic (exact) mass is 158 g/mol. The highest BCUT2D eigenvalue weighted by molar-refractivity contribution is 5.00. The van der Waals surface area contributed by atoms with Crippen LogP contribution in [-0.4, -0.2) is 24.4 Å². The van der Waals surface area contributed by atoms with Gasteiger partial charge in [-0.25, -0.2) is 0 Å². The average molecular weight is 158 g/mol. The zero-order chi connectivity index (χ0) is 8.91. The van der Waals surface area contributed by atoms with Gasteiger partial charge in [0.05, 0.1) is 12.2 Å². The molecule has 0 bridgehead atoms. The first-order valence-electron chi connectivity index (χ1n) is 3.83. The van der Waals surface area contributed by atoms with Gasteiger partial charge in [-0.2, -0.15) is 0 Å². The van der Waals surface area contributed by atoms with Gasteiger partial charge in [0.25, 0.3) is 0 Å². The van der Waals surface area contributed by atoms with E-state index in [1.807, 2.05) is 26.8 Å². The van der Waals surface area contributed by atoms with Crippen molar-refractivity contribution in [3.05, 3.63) is 11.6 Å². The van der Waals surface area contributed by atoms with Gasteiger partial charge in [-0.1, -0.05) is 11.6 Å². The van der Waals surface area contributed by atoms with E-state index in [9.17, 15) is 0 Å². The van der Waals surface area contributed by atoms with Crippen molar-refractivity contribution < 1.29 is 9.84 Å². The van der Waals surface area contributed by atoms with Crippen LogP contribution < -0.4 is 0 Å². The largest absolute Gasteiger partial charge is 0.392 e. The third-order valence-electron chi connectivity index (χ3n) is 1.74. The highest BCUT2D eigenvalue weighted by Gasteiger charge is 2.13. The van der Waals surface area contributed by atoms with E-state index >= 15 is 0 Å². The van der Waals surface area contributed by atoms with Gasteiger partial charge in [0.1, 0.15) is 0 Å². The van der Waals surface area contributed by atoms with Crippen molar-refractivity contribution in [2.75, 3.05) is 13.7 Å². The van der Waals surface area contributed by atoms with Crippen LogP contribution in [0.3, 0.4) is 0 Å². The summed E-state index contributed by atoms with van der Waals surface area (Å²) in [5.74, 6) is 0. The van der Waals surface area contributed by atoms with E-state index in [0.717, 1.165) is 12.0 Å². The molecule has 2 nitrogen and oxygen atoms in total. The van der Waals surface area contributed by atoms with Crippen LogP contribution in [0.5, 0.6) is 0 Å². The number of rotatable bonds is 4. The van der Waals surface area contributed by atoms with Crippen molar-refractivity contribution >= 4 is 0 Å². The van der Waals surface area contributed by atoms with E-state index in [0.29, 0.717) is 0 Å². The zero-order valence-electron chi connectivity index (χ0n) is 7.85. The van der Waals surface area contributed by atoms with Gasteiger partial charge in [0.2, 0.25) is 0 Å². The average Bonchev–Trinajstić information content (AvgIpc) is 2.00. The Morgan fingerprint density at radius 1 is 1.55 bits per heavy atom. The van der Waals surface area contributed by atoms with Gasteiger partial charge < -0.3 is 9.84 Å². The number of aliphatic hydroxyl groups excluding tert-OH is 1. The molecule has 0 spiro atoms. The topological polar surface area (TPSA) is 29.5 Å². The SMILES string of the molecule is COC(C)(C)CC=C(C)CO. The second kappa shape index (κ2) is 4.52. The maximum atomic E-state index is 8.70. The van der Waals surface area contributed by atoms with Gasteiger partial charge >= 0.3 is 0 Å². The second-order valence-electron chi connectivity index (χ2n) is 3.38. The quantitative estimate of drug-likeness (QED) is 0.631. The van der Waals surface area contributed by atoms with Crippen LogP contribution in [0.15, 0.2) is 11.6 Å². The number of methoxy groups -OCH3 is 1. The Balaban J connectivity index is 3.86. The molecule has 11 heavy (non-hydrogen) atoms. The molecule has 0 heterocycles. The molecule has 0 aliphatic heterocycles. The van der Waals surface area contributed by atoms with Crippen LogP contribution >= 0.6 is 0 Å². The number of ether oxygens (including phenoxy) is 1. The lowest BCUT2D eigenvalue weighted by molar-refractivity contribution is 0.0252. The summed E-state index contributed by atoms with van der Waals surface area (Å²) in [4.78, 5) is 0. The van der Waals surface area contributed by atoms with Crippen molar-refractivity contribution in [2.45, 2.75) is 32.8 Å². The predicted molar refractivity (Wildman–Crippen MR) is 46.5 cm³/mol. The molecule has 0 rings (SSSR count). The van der Waals surface area contributed by atoms with E-state index < -0.39 is 0 Å². The molecule has 0 unspecified atom stereocenters. The van der Waals surface area contributed by atoms with Crippen LogP contribution in [0, 0.1) is 0 Å². The molecule has 0 aliphatic rings. The van der Waals surface area contributed by atoms with Crippen LogP contribution in [0.1, 0.15) is 27.2 Å². The molecule has 0 radical (unpaired) electrons. The first-order chi connectivity index (χ1) is 5.02. The Labute approximate surface area is 68.9 Å². The van der Waals surface area contributed by atoms with E-state index in [1.165, 1.54) is 0 Å². The molecule has 0 atom stereocenters. The molecule has 1 N–H and O–H groups in total. The summed E-state index contributed by atoms with van der Waals surface area (Å²) in [6.07, 6.45) is 2.85. The van der Waals surface area contributed by atoms with E-state index in [-0.39, 0.29) is 12.2 Å². The minimum absolute atomic E-state index is 0.115. The summed E-state index contributed by atoms with van der Waals surface area (Å²) in [7, 11) is 1.70. The highest BCUT2D eigenvalue weighted by Crippen LogP contribution is 2.14. The molecule has 0 aromatic heterocycles. The van der Waals surface area contributed by atoms with Gasteiger partial charge in [-0.15, -0.1) is 0 Å². The summed E-state index contributed by atoms with van der Waals surface area (Å²) in [6, 6.07) is 0. The molecule has 0 aliphatic carbocycles. The molecule has 0 aromatic rings. The van der Waals surface area contributed by atoms with E-state index in [4.69, 9.17) is 9.84 Å². The first-order valence-corrected chi connectivity index (χ1v) is 3.83. The van der Waals surface area contributed by atoms with Gasteiger partial charge in [0, 0.05) is 7.11 Å². The van der Waals surface area contributed by atoms with Crippen molar-refractivity contribution in [3.8, 4) is 0 Å².